The van der Waals surface area contributed by atoms with Gasteiger partial charge in [-0.3, -0.25) is 9.69 Å². The second kappa shape index (κ2) is 4.98. The maximum absolute atomic E-state index is 11.6. The van der Waals surface area contributed by atoms with Crippen LogP contribution in [-0.2, 0) is 4.79 Å². The van der Waals surface area contributed by atoms with Gasteiger partial charge in [0.2, 0.25) is 0 Å². The number of Topliss-reactive ketones (excluding diaryl/α,β-unsaturated/α-hetero) is 1. The Morgan fingerprint density at radius 3 is 1.79 bits per heavy atom. The van der Waals surface area contributed by atoms with Crippen LogP contribution in [0.5, 0.6) is 0 Å². The molecule has 2 heteroatoms. The number of benzene rings is 2. The van der Waals surface area contributed by atoms with Crippen LogP contribution in [0, 0.1) is 0 Å². The van der Waals surface area contributed by atoms with Gasteiger partial charge in [0.05, 0.1) is 18.6 Å². The molecule has 0 amide bonds. The standard InChI is InChI=1S/C17H17NO/c1-13-16(19)12-18(13)17(14-8-4-2-5-9-14)15-10-6-3-7-11-15/h2-11,13,17H,12H2,1H3. The molecule has 2 aromatic rings. The van der Waals surface area contributed by atoms with Crippen molar-refractivity contribution >= 4 is 5.78 Å². The van der Waals surface area contributed by atoms with Gasteiger partial charge >= 0.3 is 0 Å². The first-order valence-corrected chi connectivity index (χ1v) is 6.66. The minimum atomic E-state index is 0.0189. The van der Waals surface area contributed by atoms with Crippen molar-refractivity contribution in [2.75, 3.05) is 6.54 Å². The average Bonchev–Trinajstić information content (AvgIpc) is 2.49. The van der Waals surface area contributed by atoms with Crippen molar-refractivity contribution in [2.45, 2.75) is 19.0 Å². The molecule has 0 N–H and O–H groups in total. The Morgan fingerprint density at radius 2 is 1.42 bits per heavy atom. The number of hydrogen-bond donors (Lipinski definition) is 0. The molecule has 1 aliphatic heterocycles. The van der Waals surface area contributed by atoms with Crippen LogP contribution >= 0.6 is 0 Å². The highest BCUT2D eigenvalue weighted by molar-refractivity contribution is 5.91. The van der Waals surface area contributed by atoms with E-state index in [2.05, 4.69) is 53.4 Å². The summed E-state index contributed by atoms with van der Waals surface area (Å²) in [6.07, 6.45) is 0. The van der Waals surface area contributed by atoms with Gasteiger partial charge < -0.3 is 0 Å². The van der Waals surface area contributed by atoms with Gasteiger partial charge in [-0.25, -0.2) is 0 Å². The Balaban J connectivity index is 2.00. The van der Waals surface area contributed by atoms with Crippen LogP contribution in [0.4, 0.5) is 0 Å². The van der Waals surface area contributed by atoms with Crippen LogP contribution in [0.2, 0.25) is 0 Å². The lowest BCUT2D eigenvalue weighted by Gasteiger charge is -2.43. The molecule has 2 nitrogen and oxygen atoms in total. The first-order valence-electron chi connectivity index (χ1n) is 6.66. The molecule has 1 saturated heterocycles. The first-order chi connectivity index (χ1) is 9.27. The summed E-state index contributed by atoms with van der Waals surface area (Å²) in [4.78, 5) is 13.8. The van der Waals surface area contributed by atoms with E-state index >= 15 is 0 Å². The molecule has 1 fully saturated rings. The largest absolute Gasteiger partial charge is 0.296 e. The molecule has 0 radical (unpaired) electrons. The number of rotatable bonds is 3. The lowest BCUT2D eigenvalue weighted by atomic mass is 9.91. The van der Waals surface area contributed by atoms with Gasteiger partial charge in [0.1, 0.15) is 0 Å². The molecule has 19 heavy (non-hydrogen) atoms. The molecule has 0 aromatic heterocycles. The summed E-state index contributed by atoms with van der Waals surface area (Å²) in [5.41, 5.74) is 2.49. The van der Waals surface area contributed by atoms with E-state index in [-0.39, 0.29) is 12.1 Å². The zero-order chi connectivity index (χ0) is 13.2. The highest BCUT2D eigenvalue weighted by Crippen LogP contribution is 2.33. The Morgan fingerprint density at radius 1 is 0.947 bits per heavy atom. The molecule has 0 aliphatic carbocycles. The summed E-state index contributed by atoms with van der Waals surface area (Å²) in [5, 5.41) is 0. The fourth-order valence-electron chi connectivity index (χ4n) is 2.68. The van der Waals surface area contributed by atoms with E-state index in [0.717, 1.165) is 0 Å². The molecule has 0 bridgehead atoms. The van der Waals surface area contributed by atoms with Crippen LogP contribution in [0.1, 0.15) is 24.1 Å². The van der Waals surface area contributed by atoms with E-state index in [1.165, 1.54) is 11.1 Å². The minimum absolute atomic E-state index is 0.0189. The van der Waals surface area contributed by atoms with Crippen molar-refractivity contribution in [3.63, 3.8) is 0 Å². The Hall–Kier alpha value is -1.93. The van der Waals surface area contributed by atoms with E-state index in [0.29, 0.717) is 12.3 Å². The summed E-state index contributed by atoms with van der Waals surface area (Å²) < 4.78 is 0. The molecule has 2 aromatic carbocycles. The predicted molar refractivity (Wildman–Crippen MR) is 75.9 cm³/mol. The molecular formula is C17H17NO. The van der Waals surface area contributed by atoms with E-state index in [9.17, 15) is 4.79 Å². The van der Waals surface area contributed by atoms with E-state index in [1.54, 1.807) is 0 Å². The number of carbonyl (C=O) groups excluding carboxylic acids is 1. The molecule has 1 heterocycles. The number of likely N-dealkylation sites (tertiary alicyclic amines) is 1. The monoisotopic (exact) mass is 251 g/mol. The smallest absolute Gasteiger partial charge is 0.163 e. The summed E-state index contributed by atoms with van der Waals surface area (Å²) in [6.45, 7) is 2.54. The van der Waals surface area contributed by atoms with E-state index < -0.39 is 0 Å². The van der Waals surface area contributed by atoms with Crippen LogP contribution in [0.3, 0.4) is 0 Å². The predicted octanol–water partition coefficient (Wildman–Crippen LogP) is 3.05. The summed E-state index contributed by atoms with van der Waals surface area (Å²) >= 11 is 0. The Kier molecular flexibility index (Phi) is 3.18. The third kappa shape index (κ3) is 2.20. The van der Waals surface area contributed by atoms with E-state index in [4.69, 9.17) is 0 Å². The lowest BCUT2D eigenvalue weighted by molar-refractivity contribution is -0.137. The van der Waals surface area contributed by atoms with Gasteiger partial charge in [-0.15, -0.1) is 0 Å². The van der Waals surface area contributed by atoms with Crippen molar-refractivity contribution in [2.24, 2.45) is 0 Å². The molecule has 0 saturated carbocycles. The molecule has 3 rings (SSSR count). The first kappa shape index (κ1) is 12.1. The number of carbonyl (C=O) groups is 1. The summed E-state index contributed by atoms with van der Waals surface area (Å²) in [5.74, 6) is 0.330. The minimum Gasteiger partial charge on any atom is -0.296 e. The van der Waals surface area contributed by atoms with Crippen molar-refractivity contribution in [1.29, 1.82) is 0 Å². The molecular weight excluding hydrogens is 234 g/mol. The van der Waals surface area contributed by atoms with Crippen molar-refractivity contribution in [1.82, 2.24) is 4.90 Å². The maximum atomic E-state index is 11.6. The highest BCUT2D eigenvalue weighted by atomic mass is 16.1. The zero-order valence-electron chi connectivity index (χ0n) is 11.0. The Bertz CT molecular complexity index is 525. The van der Waals surface area contributed by atoms with Crippen molar-refractivity contribution < 1.29 is 4.79 Å². The lowest BCUT2D eigenvalue weighted by Crippen LogP contribution is -2.56. The van der Waals surface area contributed by atoms with Crippen molar-refractivity contribution in [3.8, 4) is 0 Å². The molecule has 1 atom stereocenters. The maximum Gasteiger partial charge on any atom is 0.163 e. The van der Waals surface area contributed by atoms with Gasteiger partial charge in [0.15, 0.2) is 5.78 Å². The van der Waals surface area contributed by atoms with Gasteiger partial charge in [-0.2, -0.15) is 0 Å². The average molecular weight is 251 g/mol. The number of hydrogen-bond acceptors (Lipinski definition) is 2. The fraction of sp³-hybridized carbons (Fsp3) is 0.235. The topological polar surface area (TPSA) is 20.3 Å². The van der Waals surface area contributed by atoms with Gasteiger partial charge in [-0.05, 0) is 18.1 Å². The molecule has 96 valence electrons. The molecule has 0 spiro atoms. The second-order valence-electron chi connectivity index (χ2n) is 5.04. The fourth-order valence-corrected chi connectivity index (χ4v) is 2.68. The van der Waals surface area contributed by atoms with Crippen molar-refractivity contribution in [3.05, 3.63) is 71.8 Å². The van der Waals surface area contributed by atoms with Gasteiger partial charge in [0, 0.05) is 0 Å². The molecule has 1 aliphatic rings. The van der Waals surface area contributed by atoms with Gasteiger partial charge in [-0.1, -0.05) is 60.7 Å². The molecule has 1 unspecified atom stereocenters. The van der Waals surface area contributed by atoms with Gasteiger partial charge in [0.25, 0.3) is 0 Å². The quantitative estimate of drug-likeness (QED) is 0.835. The van der Waals surface area contributed by atoms with Crippen LogP contribution in [0.25, 0.3) is 0 Å². The SMILES string of the molecule is CC1C(=O)CN1C(c1ccccc1)c1ccccc1. The van der Waals surface area contributed by atoms with E-state index in [1.807, 2.05) is 19.1 Å². The normalized spacial score (nSPS) is 19.5. The summed E-state index contributed by atoms with van der Waals surface area (Å²) in [6, 6.07) is 21.0. The Labute approximate surface area is 113 Å². The van der Waals surface area contributed by atoms with Crippen LogP contribution in [0.15, 0.2) is 60.7 Å². The third-order valence-electron chi connectivity index (χ3n) is 3.86. The second-order valence-corrected chi connectivity index (χ2v) is 5.04. The summed E-state index contributed by atoms with van der Waals surface area (Å²) in [7, 11) is 0. The zero-order valence-corrected chi connectivity index (χ0v) is 11.0. The van der Waals surface area contributed by atoms with Crippen LogP contribution in [-0.4, -0.2) is 23.3 Å². The third-order valence-corrected chi connectivity index (χ3v) is 3.86. The van der Waals surface area contributed by atoms with Crippen LogP contribution < -0.4 is 0 Å². The highest BCUT2D eigenvalue weighted by Gasteiger charge is 2.39. The number of nitrogens with zero attached hydrogens (tertiary/aromatic N) is 1. The number of ketones is 1.